The minimum atomic E-state index is -0.287. The number of ether oxygens (including phenoxy) is 2. The molecule has 144 valence electrons. The fraction of sp³-hybridized carbons (Fsp3) is 0.565. The minimum absolute atomic E-state index is 0.245. The van der Waals surface area contributed by atoms with Crippen LogP contribution in [0.2, 0.25) is 0 Å². The fourth-order valence-electron chi connectivity index (χ4n) is 3.25. The highest BCUT2D eigenvalue weighted by Crippen LogP contribution is 2.40. The summed E-state index contributed by atoms with van der Waals surface area (Å²) in [6.07, 6.45) is 3.34. The summed E-state index contributed by atoms with van der Waals surface area (Å²) in [6, 6.07) is 12.4. The van der Waals surface area contributed by atoms with E-state index in [1.165, 1.54) is 12.0 Å². The van der Waals surface area contributed by atoms with Crippen LogP contribution in [-0.2, 0) is 11.2 Å². The smallest absolute Gasteiger partial charge is 0.196 e. The third kappa shape index (κ3) is 6.53. The molecule has 3 heteroatoms. The molecule has 26 heavy (non-hydrogen) atoms. The van der Waals surface area contributed by atoms with Gasteiger partial charge in [-0.3, -0.25) is 0 Å². The van der Waals surface area contributed by atoms with Crippen molar-refractivity contribution < 1.29 is 13.9 Å². The first-order valence-electron chi connectivity index (χ1n) is 9.66. The van der Waals surface area contributed by atoms with E-state index in [4.69, 9.17) is 13.9 Å². The Hall–Kier alpha value is -1.74. The van der Waals surface area contributed by atoms with Gasteiger partial charge in [-0.05, 0) is 60.4 Å². The van der Waals surface area contributed by atoms with Crippen molar-refractivity contribution in [3.05, 3.63) is 54.0 Å². The van der Waals surface area contributed by atoms with Gasteiger partial charge in [-0.1, -0.05) is 46.8 Å². The molecule has 2 rings (SSSR count). The van der Waals surface area contributed by atoms with Gasteiger partial charge in [0.2, 0.25) is 0 Å². The van der Waals surface area contributed by atoms with E-state index in [1.807, 2.05) is 19.1 Å². The first-order valence-corrected chi connectivity index (χ1v) is 9.66. The fourth-order valence-corrected chi connectivity index (χ4v) is 3.25. The number of hydrogen-bond acceptors (Lipinski definition) is 3. The molecule has 3 nitrogen and oxygen atoms in total. The van der Waals surface area contributed by atoms with E-state index >= 15 is 0 Å². The quantitative estimate of drug-likeness (QED) is 0.483. The van der Waals surface area contributed by atoms with Gasteiger partial charge in [0.25, 0.3) is 0 Å². The van der Waals surface area contributed by atoms with E-state index < -0.39 is 0 Å². The number of hydrogen-bond donors (Lipinski definition) is 0. The predicted molar refractivity (Wildman–Crippen MR) is 107 cm³/mol. The van der Waals surface area contributed by atoms with E-state index in [9.17, 15) is 0 Å². The summed E-state index contributed by atoms with van der Waals surface area (Å²) in [5.41, 5.74) is 1.62. The van der Waals surface area contributed by atoms with Crippen molar-refractivity contribution in [3.8, 4) is 5.75 Å². The van der Waals surface area contributed by atoms with Gasteiger partial charge in [0, 0.05) is 6.42 Å². The monoisotopic (exact) mass is 358 g/mol. The van der Waals surface area contributed by atoms with E-state index in [-0.39, 0.29) is 11.7 Å². The van der Waals surface area contributed by atoms with Crippen LogP contribution in [-0.4, -0.2) is 12.9 Å². The molecule has 0 amide bonds. The number of furan rings is 1. The molecule has 0 N–H and O–H groups in total. The van der Waals surface area contributed by atoms with Crippen LogP contribution in [0.1, 0.15) is 65.2 Å². The summed E-state index contributed by atoms with van der Waals surface area (Å²) < 4.78 is 16.9. The molecule has 0 saturated heterocycles. The number of benzene rings is 1. The summed E-state index contributed by atoms with van der Waals surface area (Å²) in [5.74, 6) is 2.99. The van der Waals surface area contributed by atoms with Gasteiger partial charge in [-0.2, -0.15) is 0 Å². The summed E-state index contributed by atoms with van der Waals surface area (Å²) in [6.45, 7) is 14.0. The standard InChI is InChI=1S/C23H34O3/c1-17(2)16-22(23(4,5)6)19-9-11-21(12-10-19)26-18(3)24-15-13-20-8-7-14-25-20/h7-12,14,17-18,22H,13,15-16H2,1-6H3. The number of rotatable bonds is 9. The highest BCUT2D eigenvalue weighted by atomic mass is 16.7. The zero-order valence-corrected chi connectivity index (χ0v) is 17.1. The Bertz CT molecular complexity index is 620. The minimum Gasteiger partial charge on any atom is -0.469 e. The van der Waals surface area contributed by atoms with Gasteiger partial charge >= 0.3 is 0 Å². The third-order valence-corrected chi connectivity index (χ3v) is 4.62. The summed E-state index contributed by atoms with van der Waals surface area (Å²) in [4.78, 5) is 0. The zero-order valence-electron chi connectivity index (χ0n) is 17.1. The van der Waals surface area contributed by atoms with E-state index in [2.05, 4.69) is 58.9 Å². The van der Waals surface area contributed by atoms with E-state index in [0.717, 1.165) is 17.9 Å². The maximum Gasteiger partial charge on any atom is 0.196 e. The second-order valence-corrected chi connectivity index (χ2v) is 8.50. The summed E-state index contributed by atoms with van der Waals surface area (Å²) >= 11 is 0. The lowest BCUT2D eigenvalue weighted by Gasteiger charge is -2.32. The lowest BCUT2D eigenvalue weighted by molar-refractivity contribution is -0.0662. The molecular weight excluding hydrogens is 324 g/mol. The Balaban J connectivity index is 1.89. The van der Waals surface area contributed by atoms with Crippen molar-refractivity contribution in [1.82, 2.24) is 0 Å². The van der Waals surface area contributed by atoms with Crippen LogP contribution in [0.4, 0.5) is 0 Å². The predicted octanol–water partition coefficient (Wildman–Crippen LogP) is 6.44. The Morgan fingerprint density at radius 2 is 1.69 bits per heavy atom. The first kappa shape index (κ1) is 20.6. The molecule has 1 heterocycles. The average molecular weight is 359 g/mol. The molecule has 1 aromatic heterocycles. The topological polar surface area (TPSA) is 31.6 Å². The lowest BCUT2D eigenvalue weighted by Crippen LogP contribution is -2.20. The highest BCUT2D eigenvalue weighted by molar-refractivity contribution is 5.30. The molecule has 0 radical (unpaired) electrons. The Labute approximate surface area is 158 Å². The molecule has 0 saturated carbocycles. The Morgan fingerprint density at radius 3 is 2.23 bits per heavy atom. The molecule has 0 aliphatic heterocycles. The zero-order chi connectivity index (χ0) is 19.2. The summed E-state index contributed by atoms with van der Waals surface area (Å²) in [7, 11) is 0. The molecule has 0 spiro atoms. The maximum absolute atomic E-state index is 5.88. The molecule has 2 atom stereocenters. The van der Waals surface area contributed by atoms with Gasteiger partial charge in [0.1, 0.15) is 11.5 Å². The van der Waals surface area contributed by atoms with E-state index in [1.54, 1.807) is 6.26 Å². The highest BCUT2D eigenvalue weighted by Gasteiger charge is 2.26. The second-order valence-electron chi connectivity index (χ2n) is 8.50. The summed E-state index contributed by atoms with van der Waals surface area (Å²) in [5, 5.41) is 0. The average Bonchev–Trinajstić information content (AvgIpc) is 3.06. The van der Waals surface area contributed by atoms with Crippen LogP contribution in [0.3, 0.4) is 0 Å². The molecular formula is C23H34O3. The normalized spacial score (nSPS) is 14.4. The molecule has 0 aliphatic rings. The largest absolute Gasteiger partial charge is 0.469 e. The van der Waals surface area contributed by atoms with Gasteiger partial charge in [0.15, 0.2) is 6.29 Å². The van der Waals surface area contributed by atoms with Gasteiger partial charge in [-0.25, -0.2) is 0 Å². The molecule has 0 aliphatic carbocycles. The molecule has 1 aromatic carbocycles. The van der Waals surface area contributed by atoms with E-state index in [0.29, 0.717) is 18.4 Å². The first-order chi connectivity index (χ1) is 12.3. The molecule has 2 aromatic rings. The van der Waals surface area contributed by atoms with Gasteiger partial charge in [0.05, 0.1) is 12.9 Å². The van der Waals surface area contributed by atoms with Crippen LogP contribution in [0.5, 0.6) is 5.75 Å². The Morgan fingerprint density at radius 1 is 1.00 bits per heavy atom. The van der Waals surface area contributed by atoms with Crippen molar-refractivity contribution >= 4 is 0 Å². The second kappa shape index (κ2) is 9.27. The Kier molecular flexibility index (Phi) is 7.33. The SMILES string of the molecule is CC(C)CC(c1ccc(OC(C)OCCc2ccco2)cc1)C(C)(C)C. The van der Waals surface area contributed by atoms with Gasteiger partial charge < -0.3 is 13.9 Å². The van der Waals surface area contributed by atoms with Crippen molar-refractivity contribution in [1.29, 1.82) is 0 Å². The van der Waals surface area contributed by atoms with Crippen LogP contribution in [0.15, 0.2) is 47.1 Å². The molecule has 0 bridgehead atoms. The lowest BCUT2D eigenvalue weighted by atomic mass is 9.72. The molecule has 0 fully saturated rings. The van der Waals surface area contributed by atoms with Gasteiger partial charge in [-0.15, -0.1) is 0 Å². The third-order valence-electron chi connectivity index (χ3n) is 4.62. The van der Waals surface area contributed by atoms with Crippen LogP contribution in [0.25, 0.3) is 0 Å². The maximum atomic E-state index is 5.88. The van der Waals surface area contributed by atoms with Crippen LogP contribution >= 0.6 is 0 Å². The van der Waals surface area contributed by atoms with Crippen molar-refractivity contribution in [2.75, 3.05) is 6.61 Å². The van der Waals surface area contributed by atoms with Crippen LogP contribution in [0, 0.1) is 11.3 Å². The van der Waals surface area contributed by atoms with Crippen molar-refractivity contribution in [2.45, 2.75) is 66.6 Å². The molecule has 2 unspecified atom stereocenters. The van der Waals surface area contributed by atoms with Crippen molar-refractivity contribution in [3.63, 3.8) is 0 Å². The van der Waals surface area contributed by atoms with Crippen molar-refractivity contribution in [2.24, 2.45) is 11.3 Å². The van der Waals surface area contributed by atoms with Crippen LogP contribution < -0.4 is 4.74 Å².